The van der Waals surface area contributed by atoms with Crippen molar-refractivity contribution < 1.29 is 4.39 Å². The second-order valence-corrected chi connectivity index (χ2v) is 10.2. The van der Waals surface area contributed by atoms with Gasteiger partial charge in [-0.3, -0.25) is 9.55 Å². The Morgan fingerprint density at radius 2 is 1.45 bits per heavy atom. The summed E-state index contributed by atoms with van der Waals surface area (Å²) >= 11 is 0. The standard InChI is InChI=1S/C36H26FN3/c1-24-19-33(39-23-32(24)27-13-15-29(37)16-14-27)28-8-6-7-25(21-28)20-26-12-17-31-30-9-2-3-10-34(30)40(35(31)22-26)36-11-4-5-18-38-36/h2-19,21-23H,20H2,1H3. The highest BCUT2D eigenvalue weighted by molar-refractivity contribution is 6.09. The number of para-hydroxylation sites is 1. The lowest BCUT2D eigenvalue weighted by Crippen LogP contribution is -1.97. The van der Waals surface area contributed by atoms with Crippen molar-refractivity contribution in [3.63, 3.8) is 0 Å². The summed E-state index contributed by atoms with van der Waals surface area (Å²) < 4.78 is 15.6. The number of hydrogen-bond donors (Lipinski definition) is 0. The average Bonchev–Trinajstić information content (AvgIpc) is 3.32. The van der Waals surface area contributed by atoms with Crippen molar-refractivity contribution in [2.24, 2.45) is 0 Å². The highest BCUT2D eigenvalue weighted by Gasteiger charge is 2.14. The maximum Gasteiger partial charge on any atom is 0.137 e. The van der Waals surface area contributed by atoms with E-state index in [0.29, 0.717) is 0 Å². The Balaban J connectivity index is 1.23. The summed E-state index contributed by atoms with van der Waals surface area (Å²) in [4.78, 5) is 9.42. The van der Waals surface area contributed by atoms with Crippen LogP contribution in [0.25, 0.3) is 50.0 Å². The second-order valence-electron chi connectivity index (χ2n) is 10.2. The van der Waals surface area contributed by atoms with Crippen LogP contribution in [0.15, 0.2) is 128 Å². The molecule has 0 N–H and O–H groups in total. The molecule has 0 bridgehead atoms. The smallest absolute Gasteiger partial charge is 0.137 e. The zero-order valence-electron chi connectivity index (χ0n) is 22.1. The van der Waals surface area contributed by atoms with E-state index in [1.54, 1.807) is 12.1 Å². The predicted octanol–water partition coefficient (Wildman–Crippen LogP) is 8.95. The van der Waals surface area contributed by atoms with Crippen molar-refractivity contribution in [2.75, 3.05) is 0 Å². The van der Waals surface area contributed by atoms with E-state index in [1.165, 1.54) is 34.0 Å². The highest BCUT2D eigenvalue weighted by atomic mass is 19.1. The van der Waals surface area contributed by atoms with E-state index in [1.807, 2.05) is 24.5 Å². The lowest BCUT2D eigenvalue weighted by atomic mass is 9.98. The molecular formula is C36H26FN3. The van der Waals surface area contributed by atoms with Gasteiger partial charge in [0, 0.05) is 34.3 Å². The Bertz CT molecular complexity index is 1990. The fourth-order valence-corrected chi connectivity index (χ4v) is 5.58. The molecule has 0 saturated carbocycles. The van der Waals surface area contributed by atoms with Crippen LogP contribution < -0.4 is 0 Å². The molecule has 192 valence electrons. The highest BCUT2D eigenvalue weighted by Crippen LogP contribution is 2.33. The molecule has 7 aromatic rings. The Morgan fingerprint density at radius 1 is 0.650 bits per heavy atom. The summed E-state index contributed by atoms with van der Waals surface area (Å²) in [6, 6.07) is 38.5. The second kappa shape index (κ2) is 9.90. The maximum absolute atomic E-state index is 13.4. The molecule has 0 atom stereocenters. The minimum absolute atomic E-state index is 0.236. The van der Waals surface area contributed by atoms with E-state index in [4.69, 9.17) is 4.98 Å². The van der Waals surface area contributed by atoms with Crippen molar-refractivity contribution in [3.05, 3.63) is 150 Å². The van der Waals surface area contributed by atoms with Crippen LogP contribution in [0.2, 0.25) is 0 Å². The van der Waals surface area contributed by atoms with Crippen LogP contribution in [-0.4, -0.2) is 14.5 Å². The van der Waals surface area contributed by atoms with Crippen molar-refractivity contribution in [3.8, 4) is 28.2 Å². The monoisotopic (exact) mass is 519 g/mol. The minimum atomic E-state index is -0.236. The normalized spacial score (nSPS) is 11.3. The molecular weight excluding hydrogens is 493 g/mol. The molecule has 4 heteroatoms. The first-order valence-electron chi connectivity index (χ1n) is 13.4. The molecule has 0 saturated heterocycles. The molecule has 3 nitrogen and oxygen atoms in total. The minimum Gasteiger partial charge on any atom is -0.294 e. The fourth-order valence-electron chi connectivity index (χ4n) is 5.58. The number of pyridine rings is 2. The SMILES string of the molecule is Cc1cc(-c2cccc(Cc3ccc4c5ccccc5n(-c5ccccn5)c4c3)c2)ncc1-c1ccc(F)cc1. The number of halogens is 1. The molecule has 0 radical (unpaired) electrons. The van der Waals surface area contributed by atoms with Gasteiger partial charge in [-0.15, -0.1) is 0 Å². The van der Waals surface area contributed by atoms with Gasteiger partial charge < -0.3 is 0 Å². The third-order valence-corrected chi connectivity index (χ3v) is 7.51. The lowest BCUT2D eigenvalue weighted by Gasteiger charge is -2.10. The molecule has 0 unspecified atom stereocenters. The van der Waals surface area contributed by atoms with E-state index in [9.17, 15) is 4.39 Å². The summed E-state index contributed by atoms with van der Waals surface area (Å²) in [5, 5.41) is 2.45. The molecule has 0 aliphatic heterocycles. The van der Waals surface area contributed by atoms with Crippen LogP contribution in [0, 0.1) is 12.7 Å². The van der Waals surface area contributed by atoms with Gasteiger partial charge in [-0.25, -0.2) is 9.37 Å². The lowest BCUT2D eigenvalue weighted by molar-refractivity contribution is 0.628. The number of aryl methyl sites for hydroxylation is 1. The van der Waals surface area contributed by atoms with E-state index < -0.39 is 0 Å². The Hall–Kier alpha value is -5.09. The topological polar surface area (TPSA) is 30.7 Å². The van der Waals surface area contributed by atoms with E-state index >= 15 is 0 Å². The van der Waals surface area contributed by atoms with Gasteiger partial charge in [-0.05, 0) is 84.1 Å². The van der Waals surface area contributed by atoms with Crippen LogP contribution >= 0.6 is 0 Å². The number of hydrogen-bond acceptors (Lipinski definition) is 2. The number of benzene rings is 4. The van der Waals surface area contributed by atoms with Gasteiger partial charge in [0.25, 0.3) is 0 Å². The Kier molecular flexibility index (Phi) is 5.94. The average molecular weight is 520 g/mol. The van der Waals surface area contributed by atoms with Gasteiger partial charge in [0.05, 0.1) is 16.7 Å². The van der Waals surface area contributed by atoms with Crippen LogP contribution in [0.4, 0.5) is 4.39 Å². The van der Waals surface area contributed by atoms with Gasteiger partial charge >= 0.3 is 0 Å². The number of fused-ring (bicyclic) bond motifs is 3. The van der Waals surface area contributed by atoms with Crippen LogP contribution in [0.5, 0.6) is 0 Å². The van der Waals surface area contributed by atoms with Gasteiger partial charge in [0.15, 0.2) is 0 Å². The first-order chi connectivity index (χ1) is 19.6. The summed E-state index contributed by atoms with van der Waals surface area (Å²) in [5.41, 5.74) is 9.85. The number of nitrogens with zero attached hydrogens (tertiary/aromatic N) is 3. The molecule has 0 amide bonds. The first kappa shape index (κ1) is 24.0. The maximum atomic E-state index is 13.4. The summed E-state index contributed by atoms with van der Waals surface area (Å²) in [5.74, 6) is 0.679. The fraction of sp³-hybridized carbons (Fsp3) is 0.0556. The summed E-state index contributed by atoms with van der Waals surface area (Å²) in [6.07, 6.45) is 4.53. The number of aromatic nitrogens is 3. The van der Waals surface area contributed by atoms with Gasteiger partial charge in [-0.1, -0.05) is 66.7 Å². The Labute approximate surface area is 232 Å². The van der Waals surface area contributed by atoms with Gasteiger partial charge in [-0.2, -0.15) is 0 Å². The van der Waals surface area contributed by atoms with Crippen LogP contribution in [0.3, 0.4) is 0 Å². The van der Waals surface area contributed by atoms with E-state index in [-0.39, 0.29) is 5.82 Å². The van der Waals surface area contributed by atoms with Crippen molar-refractivity contribution in [2.45, 2.75) is 13.3 Å². The summed E-state index contributed by atoms with van der Waals surface area (Å²) in [7, 11) is 0. The number of rotatable bonds is 5. The Morgan fingerprint density at radius 3 is 2.27 bits per heavy atom. The van der Waals surface area contributed by atoms with Crippen LogP contribution in [-0.2, 0) is 6.42 Å². The zero-order valence-corrected chi connectivity index (χ0v) is 22.1. The van der Waals surface area contributed by atoms with Crippen molar-refractivity contribution in [1.82, 2.24) is 14.5 Å². The zero-order chi connectivity index (χ0) is 27.1. The largest absolute Gasteiger partial charge is 0.294 e. The first-order valence-corrected chi connectivity index (χ1v) is 13.4. The molecule has 0 spiro atoms. The van der Waals surface area contributed by atoms with E-state index in [0.717, 1.165) is 51.2 Å². The molecule has 4 aromatic carbocycles. The van der Waals surface area contributed by atoms with E-state index in [2.05, 4.69) is 95.3 Å². The predicted molar refractivity (Wildman–Crippen MR) is 161 cm³/mol. The molecule has 7 rings (SSSR count). The van der Waals surface area contributed by atoms with Crippen molar-refractivity contribution >= 4 is 21.8 Å². The molecule has 40 heavy (non-hydrogen) atoms. The van der Waals surface area contributed by atoms with Crippen LogP contribution in [0.1, 0.15) is 16.7 Å². The molecule has 0 fully saturated rings. The molecule has 3 heterocycles. The quantitative estimate of drug-likeness (QED) is 0.227. The molecule has 0 aliphatic carbocycles. The third kappa shape index (κ3) is 4.34. The molecule has 0 aliphatic rings. The van der Waals surface area contributed by atoms with Gasteiger partial charge in [0.1, 0.15) is 11.6 Å². The third-order valence-electron chi connectivity index (χ3n) is 7.51. The van der Waals surface area contributed by atoms with Gasteiger partial charge in [0.2, 0.25) is 0 Å². The summed E-state index contributed by atoms with van der Waals surface area (Å²) in [6.45, 7) is 2.07. The van der Waals surface area contributed by atoms with Crippen molar-refractivity contribution in [1.29, 1.82) is 0 Å². The molecule has 3 aromatic heterocycles.